The number of benzene rings is 1. The summed E-state index contributed by atoms with van der Waals surface area (Å²) in [6, 6.07) is 5.65. The van der Waals surface area contributed by atoms with Crippen LogP contribution in [-0.4, -0.2) is 54.0 Å². The SMILES string of the molecule is COc1ccc(C=Cc2nc(CC3CCN(C(=O)OC(C)(C)C)CC3)no2)cc1OC. The van der Waals surface area contributed by atoms with Crippen LogP contribution in [0.5, 0.6) is 11.5 Å². The van der Waals surface area contributed by atoms with Crippen LogP contribution in [0.15, 0.2) is 22.7 Å². The van der Waals surface area contributed by atoms with Gasteiger partial charge in [-0.3, -0.25) is 0 Å². The van der Waals surface area contributed by atoms with E-state index < -0.39 is 5.60 Å². The summed E-state index contributed by atoms with van der Waals surface area (Å²) in [5.74, 6) is 2.89. The molecule has 0 atom stereocenters. The summed E-state index contributed by atoms with van der Waals surface area (Å²) in [5, 5.41) is 4.10. The molecule has 1 fully saturated rings. The number of ether oxygens (including phenoxy) is 3. The molecule has 1 saturated heterocycles. The van der Waals surface area contributed by atoms with E-state index in [0.717, 1.165) is 24.8 Å². The Morgan fingerprint density at radius 2 is 1.87 bits per heavy atom. The molecule has 0 bridgehead atoms. The zero-order valence-corrected chi connectivity index (χ0v) is 18.9. The van der Waals surface area contributed by atoms with Crippen LogP contribution in [0.2, 0.25) is 0 Å². The molecule has 0 unspecified atom stereocenters. The number of aromatic nitrogens is 2. The normalized spacial score (nSPS) is 15.3. The number of hydrogen-bond acceptors (Lipinski definition) is 7. The van der Waals surface area contributed by atoms with Gasteiger partial charge in [0.1, 0.15) is 5.60 Å². The fourth-order valence-electron chi connectivity index (χ4n) is 3.45. The maximum absolute atomic E-state index is 12.2. The predicted molar refractivity (Wildman–Crippen MR) is 117 cm³/mol. The van der Waals surface area contributed by atoms with Crippen molar-refractivity contribution in [2.75, 3.05) is 27.3 Å². The number of hydrogen-bond donors (Lipinski definition) is 0. The number of amides is 1. The van der Waals surface area contributed by atoms with Gasteiger partial charge in [-0.15, -0.1) is 0 Å². The molecule has 0 spiro atoms. The zero-order chi connectivity index (χ0) is 22.4. The molecule has 8 heteroatoms. The molecule has 1 aliphatic rings. The third kappa shape index (κ3) is 6.47. The standard InChI is InChI=1S/C23H31N3O5/c1-23(2,3)30-22(27)26-12-10-17(11-13-26)15-20-24-21(31-25-20)9-7-16-6-8-18(28-4)19(14-16)29-5/h6-9,14,17H,10-13,15H2,1-5H3. The van der Waals surface area contributed by atoms with Crippen LogP contribution < -0.4 is 9.47 Å². The molecule has 1 aliphatic heterocycles. The summed E-state index contributed by atoms with van der Waals surface area (Å²) in [6.45, 7) is 7.01. The maximum Gasteiger partial charge on any atom is 0.410 e. The fourth-order valence-corrected chi connectivity index (χ4v) is 3.45. The molecule has 3 rings (SSSR count). The molecule has 31 heavy (non-hydrogen) atoms. The summed E-state index contributed by atoms with van der Waals surface area (Å²) < 4.78 is 21.4. The van der Waals surface area contributed by atoms with Crippen LogP contribution in [0, 0.1) is 5.92 Å². The summed E-state index contributed by atoms with van der Waals surface area (Å²) in [4.78, 5) is 18.4. The number of likely N-dealkylation sites (tertiary alicyclic amines) is 1. The van der Waals surface area contributed by atoms with E-state index in [9.17, 15) is 4.79 Å². The Hall–Kier alpha value is -3.03. The maximum atomic E-state index is 12.2. The van der Waals surface area contributed by atoms with E-state index in [-0.39, 0.29) is 6.09 Å². The van der Waals surface area contributed by atoms with Crippen molar-refractivity contribution in [3.05, 3.63) is 35.5 Å². The van der Waals surface area contributed by atoms with Crippen LogP contribution in [0.25, 0.3) is 12.2 Å². The Morgan fingerprint density at radius 3 is 2.52 bits per heavy atom. The first kappa shape index (κ1) is 22.7. The van der Waals surface area contributed by atoms with Crippen LogP contribution in [-0.2, 0) is 11.2 Å². The lowest BCUT2D eigenvalue weighted by Crippen LogP contribution is -2.42. The minimum absolute atomic E-state index is 0.243. The molecule has 0 radical (unpaired) electrons. The van der Waals surface area contributed by atoms with Crippen molar-refractivity contribution in [1.29, 1.82) is 0 Å². The lowest BCUT2D eigenvalue weighted by molar-refractivity contribution is 0.0183. The molecule has 2 aromatic rings. The quantitative estimate of drug-likeness (QED) is 0.670. The molecule has 8 nitrogen and oxygen atoms in total. The van der Waals surface area contributed by atoms with Gasteiger partial charge in [0.05, 0.1) is 14.2 Å². The number of rotatable bonds is 6. The molecule has 168 valence electrons. The van der Waals surface area contributed by atoms with Crippen molar-refractivity contribution < 1.29 is 23.5 Å². The topological polar surface area (TPSA) is 86.9 Å². The summed E-state index contributed by atoms with van der Waals surface area (Å²) >= 11 is 0. The second kappa shape index (κ2) is 9.85. The van der Waals surface area contributed by atoms with Gasteiger partial charge in [-0.05, 0) is 63.3 Å². The summed E-state index contributed by atoms with van der Waals surface area (Å²) in [5.41, 5.74) is 0.464. The van der Waals surface area contributed by atoms with Crippen molar-refractivity contribution in [1.82, 2.24) is 15.0 Å². The monoisotopic (exact) mass is 429 g/mol. The van der Waals surface area contributed by atoms with Crippen LogP contribution >= 0.6 is 0 Å². The molecule has 0 N–H and O–H groups in total. The average molecular weight is 430 g/mol. The Kier molecular flexibility index (Phi) is 7.20. The molecule has 1 aromatic carbocycles. The first-order valence-corrected chi connectivity index (χ1v) is 10.5. The van der Waals surface area contributed by atoms with E-state index in [1.807, 2.05) is 45.0 Å². The second-order valence-electron chi connectivity index (χ2n) is 8.61. The highest BCUT2D eigenvalue weighted by atomic mass is 16.6. The molecular formula is C23H31N3O5. The second-order valence-corrected chi connectivity index (χ2v) is 8.61. The number of methoxy groups -OCH3 is 2. The average Bonchev–Trinajstić information content (AvgIpc) is 3.18. The molecule has 0 saturated carbocycles. The lowest BCUT2D eigenvalue weighted by atomic mass is 9.93. The van der Waals surface area contributed by atoms with Crippen LogP contribution in [0.3, 0.4) is 0 Å². The van der Waals surface area contributed by atoms with E-state index in [1.54, 1.807) is 25.2 Å². The van der Waals surface area contributed by atoms with E-state index in [2.05, 4.69) is 10.1 Å². The van der Waals surface area contributed by atoms with E-state index in [4.69, 9.17) is 18.7 Å². The van der Waals surface area contributed by atoms with Crippen molar-refractivity contribution in [2.45, 2.75) is 45.6 Å². The van der Waals surface area contributed by atoms with E-state index in [0.29, 0.717) is 42.2 Å². The van der Waals surface area contributed by atoms with E-state index >= 15 is 0 Å². The van der Waals surface area contributed by atoms with Gasteiger partial charge < -0.3 is 23.6 Å². The Morgan fingerprint density at radius 1 is 1.16 bits per heavy atom. The van der Waals surface area contributed by atoms with E-state index in [1.165, 1.54) is 0 Å². The molecular weight excluding hydrogens is 398 g/mol. The minimum atomic E-state index is -0.473. The third-order valence-corrected chi connectivity index (χ3v) is 5.05. The van der Waals surface area contributed by atoms with Gasteiger partial charge in [-0.25, -0.2) is 4.79 Å². The van der Waals surface area contributed by atoms with Crippen LogP contribution in [0.1, 0.15) is 50.9 Å². The van der Waals surface area contributed by atoms with Gasteiger partial charge in [0, 0.05) is 25.6 Å². The van der Waals surface area contributed by atoms with Crippen LogP contribution in [0.4, 0.5) is 4.79 Å². The summed E-state index contributed by atoms with van der Waals surface area (Å²) in [7, 11) is 3.21. The highest BCUT2D eigenvalue weighted by Crippen LogP contribution is 2.28. The number of piperidine rings is 1. The van der Waals surface area contributed by atoms with Crippen molar-refractivity contribution in [3.8, 4) is 11.5 Å². The third-order valence-electron chi connectivity index (χ3n) is 5.05. The molecule has 2 heterocycles. The molecule has 1 amide bonds. The largest absolute Gasteiger partial charge is 0.493 e. The van der Waals surface area contributed by atoms with Gasteiger partial charge >= 0.3 is 6.09 Å². The Balaban J connectivity index is 1.52. The highest BCUT2D eigenvalue weighted by molar-refractivity contribution is 5.68. The van der Waals surface area contributed by atoms with Crippen molar-refractivity contribution in [3.63, 3.8) is 0 Å². The molecule has 1 aromatic heterocycles. The Labute approximate surface area is 183 Å². The van der Waals surface area contributed by atoms with Gasteiger partial charge in [0.25, 0.3) is 5.89 Å². The fraction of sp³-hybridized carbons (Fsp3) is 0.522. The first-order chi connectivity index (χ1) is 14.8. The number of carbonyl (C=O) groups is 1. The molecule has 0 aliphatic carbocycles. The van der Waals surface area contributed by atoms with Gasteiger partial charge in [-0.1, -0.05) is 11.2 Å². The van der Waals surface area contributed by atoms with Crippen molar-refractivity contribution >= 4 is 18.2 Å². The highest BCUT2D eigenvalue weighted by Gasteiger charge is 2.27. The van der Waals surface area contributed by atoms with Crippen molar-refractivity contribution in [2.24, 2.45) is 5.92 Å². The lowest BCUT2D eigenvalue weighted by Gasteiger charge is -2.33. The first-order valence-electron chi connectivity index (χ1n) is 10.5. The van der Waals surface area contributed by atoms with Gasteiger partial charge in [0.2, 0.25) is 0 Å². The minimum Gasteiger partial charge on any atom is -0.493 e. The van der Waals surface area contributed by atoms with Gasteiger partial charge in [0.15, 0.2) is 17.3 Å². The van der Waals surface area contributed by atoms with Gasteiger partial charge in [-0.2, -0.15) is 4.98 Å². The number of carbonyl (C=O) groups excluding carboxylic acids is 1. The smallest absolute Gasteiger partial charge is 0.410 e. The predicted octanol–water partition coefficient (Wildman–Crippen LogP) is 4.45. The Bertz CT molecular complexity index is 908. The zero-order valence-electron chi connectivity index (χ0n) is 18.9. The summed E-state index contributed by atoms with van der Waals surface area (Å²) in [6.07, 6.45) is 5.94. The number of nitrogens with zero attached hydrogens (tertiary/aromatic N) is 3.